The molecule has 4 aromatic carbocycles. The van der Waals surface area contributed by atoms with Crippen molar-refractivity contribution < 1.29 is 54.8 Å². The van der Waals surface area contributed by atoms with Crippen LogP contribution in [0.5, 0.6) is 0 Å². The Bertz CT molecular complexity index is 1960. The number of aliphatic hydroxyl groups is 1. The molecule has 2 aliphatic heterocycles. The molecule has 2 aliphatic rings. The van der Waals surface area contributed by atoms with Gasteiger partial charge in [0, 0.05) is 0 Å². The van der Waals surface area contributed by atoms with E-state index < -0.39 is 46.2 Å². The van der Waals surface area contributed by atoms with E-state index in [0.717, 1.165) is 16.0 Å². The second-order valence-electron chi connectivity index (χ2n) is 11.8. The van der Waals surface area contributed by atoms with Gasteiger partial charge in [-0.05, 0) is 48.2 Å². The number of halogens is 3. The molecule has 0 fully saturated rings. The van der Waals surface area contributed by atoms with Gasteiger partial charge < -0.3 is 9.84 Å². The van der Waals surface area contributed by atoms with Crippen molar-refractivity contribution in [3.63, 3.8) is 0 Å². The van der Waals surface area contributed by atoms with Gasteiger partial charge in [-0.25, -0.2) is 0 Å². The first kappa shape index (κ1) is 38.0. The molecule has 4 aromatic rings. The van der Waals surface area contributed by atoms with Crippen LogP contribution < -0.4 is 0 Å². The second-order valence-corrected chi connectivity index (χ2v) is 13.4. The van der Waals surface area contributed by atoms with Crippen molar-refractivity contribution in [3.8, 4) is 0 Å². The Balaban J connectivity index is 0.000000206. The largest absolute Gasteiger partial charge is 0.523 e. The van der Waals surface area contributed by atoms with Gasteiger partial charge in [-0.3, -0.25) is 33.2 Å². The lowest BCUT2D eigenvalue weighted by Crippen LogP contribution is -2.41. The summed E-state index contributed by atoms with van der Waals surface area (Å²) < 4.78 is 71.1. The minimum Gasteiger partial charge on any atom is -0.389 e. The standard InChI is InChI=1S/C19H16F3NO5S.C18H17NO4/c20-19(21,22)29(26,27)28-14(11-10-13-6-2-1-3-7-13)12-23-17(24)15-8-4-5-9-16(15)18(23)25;20-14(12-23-11-13-6-2-1-3-7-13)10-19-17(21)15-8-4-5-9-16(15)18(19)22/h1-9,14H,10-12H2;1-9,14,20H,10-12H2. The molecule has 0 radical (unpaired) electrons. The van der Waals surface area contributed by atoms with E-state index in [-0.39, 0.29) is 48.9 Å². The molecular weight excluding hydrogens is 705 g/mol. The monoisotopic (exact) mass is 738 g/mol. The minimum absolute atomic E-state index is 0.0578. The number of hydrogen-bond donors (Lipinski definition) is 1. The molecule has 272 valence electrons. The smallest absolute Gasteiger partial charge is 0.389 e. The molecule has 0 saturated heterocycles. The van der Waals surface area contributed by atoms with E-state index in [1.165, 1.54) is 12.1 Å². The van der Waals surface area contributed by atoms with Gasteiger partial charge in [0.05, 0.1) is 60.8 Å². The van der Waals surface area contributed by atoms with Crippen LogP contribution in [0.15, 0.2) is 109 Å². The van der Waals surface area contributed by atoms with Gasteiger partial charge in [0.15, 0.2) is 0 Å². The molecule has 11 nitrogen and oxygen atoms in total. The minimum atomic E-state index is -5.89. The van der Waals surface area contributed by atoms with Crippen molar-refractivity contribution in [1.82, 2.24) is 9.80 Å². The van der Waals surface area contributed by atoms with Crippen LogP contribution in [0.3, 0.4) is 0 Å². The Morgan fingerprint density at radius 3 is 1.46 bits per heavy atom. The van der Waals surface area contributed by atoms with Crippen molar-refractivity contribution in [1.29, 1.82) is 0 Å². The summed E-state index contributed by atoms with van der Waals surface area (Å²) in [7, 11) is -5.89. The third-order valence-corrected chi connectivity index (χ3v) is 9.19. The first-order valence-corrected chi connectivity index (χ1v) is 17.4. The van der Waals surface area contributed by atoms with Gasteiger partial charge in [0.25, 0.3) is 23.6 Å². The van der Waals surface area contributed by atoms with Crippen molar-refractivity contribution in [2.75, 3.05) is 19.7 Å². The average molecular weight is 739 g/mol. The second kappa shape index (κ2) is 16.4. The number of amides is 4. The third kappa shape index (κ3) is 8.98. The highest BCUT2D eigenvalue weighted by atomic mass is 32.2. The molecule has 1 N–H and O–H groups in total. The summed E-state index contributed by atoms with van der Waals surface area (Å²) in [4.78, 5) is 51.1. The first-order valence-electron chi connectivity index (χ1n) is 16.0. The van der Waals surface area contributed by atoms with Crippen molar-refractivity contribution in [2.45, 2.75) is 37.2 Å². The van der Waals surface area contributed by atoms with Crippen LogP contribution in [0.4, 0.5) is 13.2 Å². The first-order chi connectivity index (χ1) is 24.8. The van der Waals surface area contributed by atoms with Gasteiger partial charge >= 0.3 is 15.6 Å². The molecule has 0 spiro atoms. The lowest BCUT2D eigenvalue weighted by molar-refractivity contribution is -0.0580. The number of nitrogens with zero attached hydrogens (tertiary/aromatic N) is 2. The Morgan fingerprint density at radius 1 is 0.615 bits per heavy atom. The topological polar surface area (TPSA) is 148 Å². The van der Waals surface area contributed by atoms with E-state index in [0.29, 0.717) is 22.6 Å². The third-order valence-electron chi connectivity index (χ3n) is 8.10. The van der Waals surface area contributed by atoms with Crippen molar-refractivity contribution in [2.24, 2.45) is 0 Å². The predicted molar refractivity (Wildman–Crippen MR) is 180 cm³/mol. The van der Waals surface area contributed by atoms with Gasteiger partial charge in [-0.15, -0.1) is 0 Å². The highest BCUT2D eigenvalue weighted by molar-refractivity contribution is 7.87. The zero-order valence-corrected chi connectivity index (χ0v) is 28.3. The number of alkyl halides is 3. The number of carbonyl (C=O) groups is 4. The maximum atomic E-state index is 12.8. The van der Waals surface area contributed by atoms with E-state index in [1.54, 1.807) is 66.7 Å². The number of aliphatic hydroxyl groups excluding tert-OH is 1. The maximum Gasteiger partial charge on any atom is 0.523 e. The molecule has 4 amide bonds. The molecule has 2 unspecified atom stereocenters. The van der Waals surface area contributed by atoms with Gasteiger partial charge in [0.2, 0.25) is 0 Å². The average Bonchev–Trinajstić information content (AvgIpc) is 3.51. The van der Waals surface area contributed by atoms with Crippen LogP contribution in [0.2, 0.25) is 0 Å². The normalized spacial score (nSPS) is 15.2. The number of carbonyl (C=O) groups excluding carboxylic acids is 4. The fourth-order valence-electron chi connectivity index (χ4n) is 5.54. The lowest BCUT2D eigenvalue weighted by Gasteiger charge is -2.23. The molecule has 0 saturated carbocycles. The highest BCUT2D eigenvalue weighted by Gasteiger charge is 2.49. The Kier molecular flexibility index (Phi) is 12.0. The van der Waals surface area contributed by atoms with E-state index in [4.69, 9.17) is 4.74 Å². The van der Waals surface area contributed by atoms with Gasteiger partial charge in [-0.1, -0.05) is 84.9 Å². The zero-order valence-electron chi connectivity index (χ0n) is 27.4. The number of rotatable bonds is 13. The molecule has 0 bridgehead atoms. The Morgan fingerprint density at radius 2 is 1.02 bits per heavy atom. The molecule has 52 heavy (non-hydrogen) atoms. The van der Waals surface area contributed by atoms with Crippen molar-refractivity contribution in [3.05, 3.63) is 143 Å². The zero-order chi connectivity index (χ0) is 37.5. The summed E-state index contributed by atoms with van der Waals surface area (Å²) in [6.45, 7) is -0.252. The Hall–Kier alpha value is -5.22. The molecular formula is C37H33F3N2O9S. The summed E-state index contributed by atoms with van der Waals surface area (Å²) >= 11 is 0. The van der Waals surface area contributed by atoms with Crippen molar-refractivity contribution >= 4 is 33.7 Å². The summed E-state index contributed by atoms with van der Waals surface area (Å²) in [5, 5.41) is 10.0. The predicted octanol–water partition coefficient (Wildman–Crippen LogP) is 5.01. The fraction of sp³-hybridized carbons (Fsp3) is 0.243. The Labute approximate surface area is 297 Å². The summed E-state index contributed by atoms with van der Waals surface area (Å²) in [6.07, 6.45) is -2.42. The van der Waals surface area contributed by atoms with E-state index >= 15 is 0 Å². The van der Waals surface area contributed by atoms with Crippen LogP contribution in [0.25, 0.3) is 0 Å². The lowest BCUT2D eigenvalue weighted by atomic mass is 10.1. The van der Waals surface area contributed by atoms with E-state index in [9.17, 15) is 45.9 Å². The van der Waals surface area contributed by atoms with Crippen LogP contribution in [-0.2, 0) is 32.1 Å². The number of fused-ring (bicyclic) bond motifs is 2. The molecule has 2 atom stereocenters. The van der Waals surface area contributed by atoms with Crippen LogP contribution in [-0.4, -0.2) is 84.4 Å². The number of imide groups is 2. The SMILES string of the molecule is O=C1c2ccccc2C(=O)N1CC(CCc1ccccc1)OS(=O)(=O)C(F)(F)F.O=C1c2ccccc2C(=O)N1CC(O)COCc1ccccc1. The summed E-state index contributed by atoms with van der Waals surface area (Å²) in [5.41, 5.74) is -2.88. The summed E-state index contributed by atoms with van der Waals surface area (Å²) in [5.74, 6) is -2.15. The summed E-state index contributed by atoms with van der Waals surface area (Å²) in [6, 6.07) is 30.8. The maximum absolute atomic E-state index is 12.8. The highest BCUT2D eigenvalue weighted by Crippen LogP contribution is 2.29. The van der Waals surface area contributed by atoms with Gasteiger partial charge in [0.1, 0.15) is 0 Å². The molecule has 0 aliphatic carbocycles. The number of hydrogen-bond acceptors (Lipinski definition) is 9. The molecule has 2 heterocycles. The van der Waals surface area contributed by atoms with E-state index in [2.05, 4.69) is 4.18 Å². The fourth-order valence-corrected chi connectivity index (χ4v) is 6.16. The number of aryl methyl sites for hydroxylation is 1. The number of benzene rings is 4. The van der Waals surface area contributed by atoms with Gasteiger partial charge in [-0.2, -0.15) is 21.6 Å². The quantitative estimate of drug-likeness (QED) is 0.114. The number of ether oxygens (including phenoxy) is 1. The molecule has 0 aromatic heterocycles. The molecule has 6 rings (SSSR count). The van der Waals surface area contributed by atoms with Crippen LogP contribution in [0.1, 0.15) is 59.0 Å². The van der Waals surface area contributed by atoms with Crippen LogP contribution in [0, 0.1) is 0 Å². The molecule has 15 heteroatoms. The number of β-amino-alcohol motifs (C(OH)–C–C–N with tert-alkyl or cyclic N) is 1. The van der Waals surface area contributed by atoms with Crippen LogP contribution >= 0.6 is 0 Å². The van der Waals surface area contributed by atoms with E-state index in [1.807, 2.05) is 30.3 Å².